The highest BCUT2D eigenvalue weighted by atomic mass is 16.2. The summed E-state index contributed by atoms with van der Waals surface area (Å²) in [5.74, 6) is -0.523. The number of nitrogens with one attached hydrogen (secondary N) is 1. The molecule has 1 N–H and O–H groups in total. The number of pyridine rings is 1. The summed E-state index contributed by atoms with van der Waals surface area (Å²) in [7, 11) is 0. The molecule has 0 atom stereocenters. The topological polar surface area (TPSA) is 96.0 Å². The molecule has 1 aliphatic heterocycles. The van der Waals surface area contributed by atoms with Gasteiger partial charge in [-0.05, 0) is 37.0 Å². The van der Waals surface area contributed by atoms with Crippen LogP contribution in [-0.4, -0.2) is 44.2 Å². The molecule has 0 saturated heterocycles. The summed E-state index contributed by atoms with van der Waals surface area (Å²) in [6, 6.07) is 17.5. The quantitative estimate of drug-likeness (QED) is 0.440. The minimum Gasteiger partial charge on any atom is -0.300 e. The van der Waals surface area contributed by atoms with Crippen molar-refractivity contribution in [2.75, 3.05) is 6.54 Å². The molecule has 1 aliphatic rings. The first-order valence-corrected chi connectivity index (χ1v) is 10.9. The van der Waals surface area contributed by atoms with Crippen molar-refractivity contribution in [3.05, 3.63) is 83.0 Å². The number of carbonyl (C=O) groups is 3. The van der Waals surface area contributed by atoms with Gasteiger partial charge in [0.05, 0.1) is 22.2 Å². The maximum atomic E-state index is 13.4. The van der Waals surface area contributed by atoms with Gasteiger partial charge < -0.3 is 4.79 Å². The Kier molecular flexibility index (Phi) is 5.30. The number of nitrogens with zero attached hydrogens (tertiary/aromatic N) is 3. The number of aryl methyl sites for hydroxylation is 1. The number of fused-ring (bicyclic) bond motifs is 3. The molecule has 2 amide bonds. The molecule has 4 aromatic rings. The van der Waals surface area contributed by atoms with Crippen LogP contribution in [0.15, 0.2) is 60.8 Å². The summed E-state index contributed by atoms with van der Waals surface area (Å²) in [6.07, 6.45) is 3.12. The lowest BCUT2D eigenvalue weighted by Crippen LogP contribution is -2.31. The molecule has 33 heavy (non-hydrogen) atoms. The van der Waals surface area contributed by atoms with Crippen molar-refractivity contribution in [1.29, 1.82) is 0 Å². The summed E-state index contributed by atoms with van der Waals surface area (Å²) in [5, 5.41) is 7.83. The van der Waals surface area contributed by atoms with Crippen LogP contribution < -0.4 is 0 Å². The van der Waals surface area contributed by atoms with E-state index in [0.717, 1.165) is 16.7 Å². The molecule has 0 aliphatic carbocycles. The normalized spacial score (nSPS) is 13.1. The molecule has 164 valence electrons. The predicted octanol–water partition coefficient (Wildman–Crippen LogP) is 3.99. The number of rotatable bonds is 7. The fraction of sp³-hybridized carbons (Fsp3) is 0.192. The van der Waals surface area contributed by atoms with Gasteiger partial charge in [0.2, 0.25) is 0 Å². The van der Waals surface area contributed by atoms with E-state index in [0.29, 0.717) is 53.7 Å². The largest absolute Gasteiger partial charge is 0.300 e. The molecule has 0 radical (unpaired) electrons. The van der Waals surface area contributed by atoms with Gasteiger partial charge in [0, 0.05) is 24.7 Å². The standard InChI is InChI=1S/C26H22N4O3/c1-16(31)10-11-18-8-5-9-19(14-18)23-22-21-20(15-27-24(22)29-28-23)25(32)30(26(21)33)13-12-17-6-3-2-4-7-17/h2-9,14-15H,10-13H2,1H3,(H,27,28,29). The van der Waals surface area contributed by atoms with Gasteiger partial charge in [-0.3, -0.25) is 19.6 Å². The van der Waals surface area contributed by atoms with Gasteiger partial charge in [-0.2, -0.15) is 5.10 Å². The van der Waals surface area contributed by atoms with Gasteiger partial charge in [-0.1, -0.05) is 48.5 Å². The zero-order valence-corrected chi connectivity index (χ0v) is 18.2. The molecule has 7 heteroatoms. The number of ketones is 1. The van der Waals surface area contributed by atoms with Crippen molar-refractivity contribution in [2.45, 2.75) is 26.2 Å². The molecule has 7 nitrogen and oxygen atoms in total. The predicted molar refractivity (Wildman–Crippen MR) is 124 cm³/mol. The second-order valence-corrected chi connectivity index (χ2v) is 8.24. The van der Waals surface area contributed by atoms with E-state index in [1.807, 2.05) is 54.6 Å². The van der Waals surface area contributed by atoms with E-state index in [1.165, 1.54) is 11.1 Å². The number of carbonyl (C=O) groups excluding carboxylic acids is 3. The number of imide groups is 1. The lowest BCUT2D eigenvalue weighted by atomic mass is 9.99. The number of Topliss-reactive ketones (excluding diaryl/α,β-unsaturated/α-hetero) is 1. The monoisotopic (exact) mass is 438 g/mol. The molecule has 2 aromatic carbocycles. The lowest BCUT2D eigenvalue weighted by molar-refractivity contribution is -0.116. The Labute approximate surface area is 190 Å². The van der Waals surface area contributed by atoms with E-state index in [1.54, 1.807) is 6.92 Å². The lowest BCUT2D eigenvalue weighted by Gasteiger charge is -2.13. The van der Waals surface area contributed by atoms with E-state index in [4.69, 9.17) is 0 Å². The van der Waals surface area contributed by atoms with Crippen LogP contribution in [0.5, 0.6) is 0 Å². The molecule has 3 heterocycles. The van der Waals surface area contributed by atoms with Crippen LogP contribution in [0.25, 0.3) is 22.3 Å². The number of H-pyrrole nitrogens is 1. The van der Waals surface area contributed by atoms with E-state index in [2.05, 4.69) is 15.2 Å². The molecule has 2 aromatic heterocycles. The average Bonchev–Trinajstić information content (AvgIpc) is 3.36. The highest BCUT2D eigenvalue weighted by molar-refractivity contribution is 6.27. The molecule has 0 spiro atoms. The van der Waals surface area contributed by atoms with Gasteiger partial charge in [-0.15, -0.1) is 0 Å². The number of aromatic amines is 1. The third-order valence-corrected chi connectivity index (χ3v) is 5.97. The third kappa shape index (κ3) is 3.82. The molecule has 5 rings (SSSR count). The zero-order chi connectivity index (χ0) is 22.9. The maximum Gasteiger partial charge on any atom is 0.263 e. The number of aromatic nitrogens is 3. The first-order chi connectivity index (χ1) is 16.0. The summed E-state index contributed by atoms with van der Waals surface area (Å²) in [5.41, 5.74) is 4.58. The number of hydrogen-bond acceptors (Lipinski definition) is 5. The van der Waals surface area contributed by atoms with Crippen molar-refractivity contribution in [2.24, 2.45) is 0 Å². The fourth-order valence-electron chi connectivity index (χ4n) is 4.24. The van der Waals surface area contributed by atoms with Gasteiger partial charge in [0.15, 0.2) is 5.65 Å². The summed E-state index contributed by atoms with van der Waals surface area (Å²) in [6.45, 7) is 1.87. The Morgan fingerprint density at radius 2 is 1.76 bits per heavy atom. The Morgan fingerprint density at radius 1 is 0.970 bits per heavy atom. The van der Waals surface area contributed by atoms with Crippen LogP contribution in [0.2, 0.25) is 0 Å². The van der Waals surface area contributed by atoms with Gasteiger partial charge in [0.1, 0.15) is 5.78 Å². The minimum absolute atomic E-state index is 0.133. The summed E-state index contributed by atoms with van der Waals surface area (Å²) in [4.78, 5) is 43.4. The van der Waals surface area contributed by atoms with Crippen molar-refractivity contribution >= 4 is 28.6 Å². The SMILES string of the molecule is CC(=O)CCc1cccc(-c2[nH]nc3ncc4c(c23)C(=O)N(CCc2ccccc2)C4=O)c1. The number of amides is 2. The van der Waals surface area contributed by atoms with Crippen LogP contribution in [-0.2, 0) is 17.6 Å². The second-order valence-electron chi connectivity index (χ2n) is 8.24. The first kappa shape index (κ1) is 20.8. The minimum atomic E-state index is -0.331. The van der Waals surface area contributed by atoms with Gasteiger partial charge in [-0.25, -0.2) is 4.98 Å². The Hall–Kier alpha value is -4.13. The van der Waals surface area contributed by atoms with Crippen LogP contribution in [0.3, 0.4) is 0 Å². The van der Waals surface area contributed by atoms with E-state index in [-0.39, 0.29) is 17.6 Å². The number of benzene rings is 2. The Morgan fingerprint density at radius 3 is 2.55 bits per heavy atom. The van der Waals surface area contributed by atoms with Crippen LogP contribution >= 0.6 is 0 Å². The van der Waals surface area contributed by atoms with E-state index >= 15 is 0 Å². The molecule has 0 saturated carbocycles. The molecule has 0 unspecified atom stereocenters. The second kappa shape index (κ2) is 8.43. The Balaban J connectivity index is 1.51. The maximum absolute atomic E-state index is 13.4. The van der Waals surface area contributed by atoms with E-state index < -0.39 is 0 Å². The van der Waals surface area contributed by atoms with Crippen molar-refractivity contribution in [3.8, 4) is 11.3 Å². The molecule has 0 fully saturated rings. The highest BCUT2D eigenvalue weighted by Gasteiger charge is 2.38. The van der Waals surface area contributed by atoms with Gasteiger partial charge >= 0.3 is 0 Å². The molecular formula is C26H22N4O3. The van der Waals surface area contributed by atoms with Crippen molar-refractivity contribution in [3.63, 3.8) is 0 Å². The van der Waals surface area contributed by atoms with Crippen LogP contribution in [0, 0.1) is 0 Å². The van der Waals surface area contributed by atoms with Crippen molar-refractivity contribution < 1.29 is 14.4 Å². The molecular weight excluding hydrogens is 416 g/mol. The van der Waals surface area contributed by atoms with E-state index in [9.17, 15) is 14.4 Å². The van der Waals surface area contributed by atoms with Crippen molar-refractivity contribution in [1.82, 2.24) is 20.1 Å². The number of hydrogen-bond donors (Lipinski definition) is 1. The smallest absolute Gasteiger partial charge is 0.263 e. The average molecular weight is 438 g/mol. The Bertz CT molecular complexity index is 1390. The van der Waals surface area contributed by atoms with Crippen LogP contribution in [0.1, 0.15) is 45.2 Å². The fourth-order valence-corrected chi connectivity index (χ4v) is 4.24. The zero-order valence-electron chi connectivity index (χ0n) is 18.2. The van der Waals surface area contributed by atoms with Gasteiger partial charge in [0.25, 0.3) is 11.8 Å². The van der Waals surface area contributed by atoms with Crippen LogP contribution in [0.4, 0.5) is 0 Å². The first-order valence-electron chi connectivity index (χ1n) is 10.9. The summed E-state index contributed by atoms with van der Waals surface area (Å²) >= 11 is 0. The summed E-state index contributed by atoms with van der Waals surface area (Å²) < 4.78 is 0. The highest BCUT2D eigenvalue weighted by Crippen LogP contribution is 2.34. The third-order valence-electron chi connectivity index (χ3n) is 5.97. The molecule has 0 bridgehead atoms.